The smallest absolute Gasteiger partial charge is 0.0884 e. The van der Waals surface area contributed by atoms with Crippen LogP contribution in [0.2, 0.25) is 0 Å². The number of hydrogen-bond acceptors (Lipinski definition) is 2. The van der Waals surface area contributed by atoms with Gasteiger partial charge in [0.15, 0.2) is 0 Å². The summed E-state index contributed by atoms with van der Waals surface area (Å²) in [5.74, 6) is 0.609. The second kappa shape index (κ2) is 4.77. The molecule has 0 spiro atoms. The lowest BCUT2D eigenvalue weighted by atomic mass is 10.0. The highest BCUT2D eigenvalue weighted by atomic mass is 32.1. The van der Waals surface area contributed by atoms with Gasteiger partial charge in [-0.25, -0.2) is 0 Å². The van der Waals surface area contributed by atoms with Crippen LogP contribution in [0.1, 0.15) is 42.5 Å². The van der Waals surface area contributed by atoms with Gasteiger partial charge in [-0.15, -0.1) is 11.3 Å². The van der Waals surface area contributed by atoms with E-state index in [-0.39, 0.29) is 6.10 Å². The van der Waals surface area contributed by atoms with E-state index in [0.29, 0.717) is 5.92 Å². The number of aliphatic hydroxyl groups excluding tert-OH is 1. The van der Waals surface area contributed by atoms with Gasteiger partial charge in [-0.2, -0.15) is 0 Å². The first kappa shape index (κ1) is 10.7. The summed E-state index contributed by atoms with van der Waals surface area (Å²) < 4.78 is 0. The summed E-state index contributed by atoms with van der Waals surface area (Å²) >= 11 is 1.70. The summed E-state index contributed by atoms with van der Waals surface area (Å²) in [5, 5.41) is 9.85. The first-order valence-corrected chi connectivity index (χ1v) is 5.69. The molecule has 0 aliphatic rings. The fraction of sp³-hybridized carbons (Fsp3) is 0.636. The quantitative estimate of drug-likeness (QED) is 0.784. The second-order valence-corrected chi connectivity index (χ2v) is 5.03. The fourth-order valence-corrected chi connectivity index (χ4v) is 2.17. The molecule has 1 aromatic rings. The third-order valence-electron chi connectivity index (χ3n) is 2.41. The van der Waals surface area contributed by atoms with Crippen LogP contribution in [0.4, 0.5) is 0 Å². The molecule has 0 radical (unpaired) electrons. The maximum Gasteiger partial charge on any atom is 0.0884 e. The molecule has 2 heteroatoms. The number of aliphatic hydroxyl groups is 1. The highest BCUT2D eigenvalue weighted by molar-refractivity contribution is 7.11. The Morgan fingerprint density at radius 1 is 1.46 bits per heavy atom. The normalized spacial score (nSPS) is 15.7. The van der Waals surface area contributed by atoms with E-state index in [1.165, 1.54) is 4.88 Å². The van der Waals surface area contributed by atoms with Gasteiger partial charge < -0.3 is 5.11 Å². The molecule has 74 valence electrons. The second-order valence-electron chi connectivity index (χ2n) is 3.71. The summed E-state index contributed by atoms with van der Waals surface area (Å²) in [6.07, 6.45) is 1.77. The first-order valence-electron chi connectivity index (χ1n) is 4.88. The number of aryl methyl sites for hydroxylation is 1. The standard InChI is InChI=1S/C11H18OS/c1-4-8(2)7-10(12)11-6-5-9(3)13-11/h5-6,8,10,12H,4,7H2,1-3H3. The Morgan fingerprint density at radius 3 is 2.62 bits per heavy atom. The van der Waals surface area contributed by atoms with Crippen molar-refractivity contribution in [2.75, 3.05) is 0 Å². The molecule has 2 atom stereocenters. The van der Waals surface area contributed by atoms with Crippen LogP contribution in [0.3, 0.4) is 0 Å². The van der Waals surface area contributed by atoms with Crippen molar-refractivity contribution < 1.29 is 5.11 Å². The van der Waals surface area contributed by atoms with Crippen LogP contribution in [-0.2, 0) is 0 Å². The summed E-state index contributed by atoms with van der Waals surface area (Å²) in [7, 11) is 0. The summed E-state index contributed by atoms with van der Waals surface area (Å²) in [4.78, 5) is 2.39. The molecule has 1 aromatic heterocycles. The molecule has 0 amide bonds. The molecule has 1 rings (SSSR count). The lowest BCUT2D eigenvalue weighted by Gasteiger charge is -2.13. The van der Waals surface area contributed by atoms with Crippen LogP contribution >= 0.6 is 11.3 Å². The van der Waals surface area contributed by atoms with Gasteiger partial charge in [0.25, 0.3) is 0 Å². The topological polar surface area (TPSA) is 20.2 Å². The SMILES string of the molecule is CCC(C)CC(O)c1ccc(C)s1. The number of rotatable bonds is 4. The van der Waals surface area contributed by atoms with Gasteiger partial charge in [0.2, 0.25) is 0 Å². The van der Waals surface area contributed by atoms with Crippen LogP contribution in [0, 0.1) is 12.8 Å². The molecule has 1 heterocycles. The molecule has 0 bridgehead atoms. The molecular weight excluding hydrogens is 180 g/mol. The predicted molar refractivity (Wildman–Crippen MR) is 58.1 cm³/mol. The first-order chi connectivity index (χ1) is 6.13. The van der Waals surface area contributed by atoms with Crippen molar-refractivity contribution in [3.05, 3.63) is 21.9 Å². The van der Waals surface area contributed by atoms with E-state index in [0.717, 1.165) is 17.7 Å². The van der Waals surface area contributed by atoms with Gasteiger partial charge in [-0.3, -0.25) is 0 Å². The third-order valence-corrected chi connectivity index (χ3v) is 3.51. The van der Waals surface area contributed by atoms with Gasteiger partial charge in [-0.05, 0) is 31.4 Å². The molecule has 0 saturated carbocycles. The molecule has 0 aliphatic carbocycles. The van der Waals surface area contributed by atoms with E-state index in [9.17, 15) is 5.11 Å². The average molecular weight is 198 g/mol. The summed E-state index contributed by atoms with van der Waals surface area (Å²) in [5.41, 5.74) is 0. The van der Waals surface area contributed by atoms with E-state index < -0.39 is 0 Å². The van der Waals surface area contributed by atoms with Crippen LogP contribution in [0.15, 0.2) is 12.1 Å². The van der Waals surface area contributed by atoms with E-state index in [1.54, 1.807) is 11.3 Å². The maximum atomic E-state index is 9.85. The Morgan fingerprint density at radius 2 is 2.15 bits per heavy atom. The van der Waals surface area contributed by atoms with E-state index in [4.69, 9.17) is 0 Å². The van der Waals surface area contributed by atoms with Crippen molar-refractivity contribution in [2.45, 2.75) is 39.7 Å². The molecular formula is C11H18OS. The Labute approximate surface area is 84.4 Å². The Bertz CT molecular complexity index is 254. The number of thiophene rings is 1. The van der Waals surface area contributed by atoms with Gasteiger partial charge in [-0.1, -0.05) is 20.3 Å². The minimum atomic E-state index is -0.256. The lowest BCUT2D eigenvalue weighted by Crippen LogP contribution is -2.01. The van der Waals surface area contributed by atoms with E-state index in [2.05, 4.69) is 26.8 Å². The molecule has 1 N–H and O–H groups in total. The zero-order valence-corrected chi connectivity index (χ0v) is 9.40. The fourth-order valence-electron chi connectivity index (χ4n) is 1.30. The van der Waals surface area contributed by atoms with Gasteiger partial charge >= 0.3 is 0 Å². The van der Waals surface area contributed by atoms with E-state index >= 15 is 0 Å². The predicted octanol–water partition coefficient (Wildman–Crippen LogP) is 3.53. The van der Waals surface area contributed by atoms with Crippen LogP contribution < -0.4 is 0 Å². The van der Waals surface area contributed by atoms with Crippen molar-refractivity contribution in [2.24, 2.45) is 5.92 Å². The maximum absolute atomic E-state index is 9.85. The molecule has 13 heavy (non-hydrogen) atoms. The zero-order valence-electron chi connectivity index (χ0n) is 8.58. The van der Waals surface area contributed by atoms with Crippen molar-refractivity contribution in [3.63, 3.8) is 0 Å². The molecule has 0 aliphatic heterocycles. The zero-order chi connectivity index (χ0) is 9.84. The van der Waals surface area contributed by atoms with Gasteiger partial charge in [0, 0.05) is 9.75 Å². The highest BCUT2D eigenvalue weighted by Crippen LogP contribution is 2.28. The average Bonchev–Trinajstić information content (AvgIpc) is 2.51. The number of hydrogen-bond donors (Lipinski definition) is 1. The monoisotopic (exact) mass is 198 g/mol. The van der Waals surface area contributed by atoms with Gasteiger partial charge in [0.05, 0.1) is 6.10 Å². The molecule has 0 fully saturated rings. The molecule has 0 saturated heterocycles. The lowest BCUT2D eigenvalue weighted by molar-refractivity contribution is 0.150. The Balaban J connectivity index is 2.53. The third kappa shape index (κ3) is 3.12. The van der Waals surface area contributed by atoms with Crippen molar-refractivity contribution in [1.82, 2.24) is 0 Å². The summed E-state index contributed by atoms with van der Waals surface area (Å²) in [6, 6.07) is 4.10. The minimum absolute atomic E-state index is 0.256. The minimum Gasteiger partial charge on any atom is -0.388 e. The molecule has 0 aromatic carbocycles. The largest absolute Gasteiger partial charge is 0.388 e. The van der Waals surface area contributed by atoms with Gasteiger partial charge in [0.1, 0.15) is 0 Å². The summed E-state index contributed by atoms with van der Waals surface area (Å²) in [6.45, 7) is 6.42. The molecule has 2 unspecified atom stereocenters. The van der Waals surface area contributed by atoms with Crippen LogP contribution in [0.25, 0.3) is 0 Å². The Hall–Kier alpha value is -0.340. The van der Waals surface area contributed by atoms with Crippen molar-refractivity contribution in [3.8, 4) is 0 Å². The van der Waals surface area contributed by atoms with Crippen molar-refractivity contribution in [1.29, 1.82) is 0 Å². The van der Waals surface area contributed by atoms with Crippen molar-refractivity contribution >= 4 is 11.3 Å². The van der Waals surface area contributed by atoms with Crippen LogP contribution in [0.5, 0.6) is 0 Å². The van der Waals surface area contributed by atoms with E-state index in [1.807, 2.05) is 6.07 Å². The highest BCUT2D eigenvalue weighted by Gasteiger charge is 2.12. The molecule has 1 nitrogen and oxygen atoms in total. The Kier molecular flexibility index (Phi) is 3.94. The van der Waals surface area contributed by atoms with Crippen LogP contribution in [-0.4, -0.2) is 5.11 Å².